The van der Waals surface area contributed by atoms with Crippen LogP contribution in [-0.4, -0.2) is 12.1 Å². The van der Waals surface area contributed by atoms with E-state index in [4.69, 9.17) is 4.74 Å². The van der Waals surface area contributed by atoms with Crippen molar-refractivity contribution in [3.8, 4) is 5.75 Å². The first-order valence-corrected chi connectivity index (χ1v) is 8.35. The van der Waals surface area contributed by atoms with Gasteiger partial charge in [0, 0.05) is 34.4 Å². The van der Waals surface area contributed by atoms with E-state index < -0.39 is 0 Å². The van der Waals surface area contributed by atoms with E-state index in [2.05, 4.69) is 34.6 Å². The van der Waals surface area contributed by atoms with Gasteiger partial charge in [0.05, 0.1) is 7.11 Å². The maximum absolute atomic E-state index is 5.16. The molecule has 0 aliphatic rings. The number of hydrogen-bond acceptors (Lipinski definition) is 4. The number of aromatic nitrogens is 1. The summed E-state index contributed by atoms with van der Waals surface area (Å²) in [4.78, 5) is 5.29. The summed E-state index contributed by atoms with van der Waals surface area (Å²) in [5, 5.41) is 3.38. The van der Waals surface area contributed by atoms with Crippen LogP contribution in [-0.2, 0) is 5.75 Å². The minimum Gasteiger partial charge on any atom is -0.497 e. The van der Waals surface area contributed by atoms with Crippen LogP contribution < -0.4 is 10.1 Å². The van der Waals surface area contributed by atoms with Crippen LogP contribution >= 0.6 is 11.8 Å². The Morgan fingerprint density at radius 2 is 1.48 bits per heavy atom. The first-order valence-electron chi connectivity index (χ1n) is 7.36. The molecule has 0 bridgehead atoms. The van der Waals surface area contributed by atoms with Gasteiger partial charge in [0.25, 0.3) is 0 Å². The van der Waals surface area contributed by atoms with Crippen molar-refractivity contribution in [3.05, 3.63) is 78.6 Å². The van der Waals surface area contributed by atoms with Gasteiger partial charge in [-0.3, -0.25) is 4.98 Å². The lowest BCUT2D eigenvalue weighted by Crippen LogP contribution is -1.90. The molecule has 116 valence electrons. The van der Waals surface area contributed by atoms with Gasteiger partial charge in [-0.15, -0.1) is 11.8 Å². The lowest BCUT2D eigenvalue weighted by Gasteiger charge is -2.08. The standard InChI is InChI=1S/C19H18N2OS/c1-22-18-6-2-16(3-7-18)21-17-4-8-19(9-5-17)23-14-15-10-12-20-13-11-15/h2-13,21H,14H2,1H3. The summed E-state index contributed by atoms with van der Waals surface area (Å²) >= 11 is 1.82. The molecule has 0 spiro atoms. The zero-order valence-corrected chi connectivity index (χ0v) is 13.7. The molecule has 2 aromatic carbocycles. The van der Waals surface area contributed by atoms with Crippen LogP contribution in [0.15, 0.2) is 78.0 Å². The van der Waals surface area contributed by atoms with Crippen molar-refractivity contribution in [2.75, 3.05) is 12.4 Å². The van der Waals surface area contributed by atoms with E-state index in [1.807, 2.05) is 60.6 Å². The quantitative estimate of drug-likeness (QED) is 0.638. The summed E-state index contributed by atoms with van der Waals surface area (Å²) in [6.07, 6.45) is 3.66. The first kappa shape index (κ1) is 15.4. The van der Waals surface area contributed by atoms with Gasteiger partial charge >= 0.3 is 0 Å². The Bertz CT molecular complexity index is 728. The lowest BCUT2D eigenvalue weighted by atomic mass is 10.2. The van der Waals surface area contributed by atoms with E-state index in [1.54, 1.807) is 7.11 Å². The Morgan fingerprint density at radius 1 is 0.870 bits per heavy atom. The largest absolute Gasteiger partial charge is 0.497 e. The van der Waals surface area contributed by atoms with Gasteiger partial charge in [-0.05, 0) is 66.2 Å². The second kappa shape index (κ2) is 7.70. The maximum Gasteiger partial charge on any atom is 0.119 e. The highest BCUT2D eigenvalue weighted by Gasteiger charge is 1.99. The Balaban J connectivity index is 1.58. The molecule has 23 heavy (non-hydrogen) atoms. The zero-order valence-electron chi connectivity index (χ0n) is 12.9. The summed E-state index contributed by atoms with van der Waals surface area (Å²) in [6, 6.07) is 20.5. The van der Waals surface area contributed by atoms with Crippen LogP contribution in [0.4, 0.5) is 11.4 Å². The highest BCUT2D eigenvalue weighted by Crippen LogP contribution is 2.25. The van der Waals surface area contributed by atoms with Crippen LogP contribution in [0.1, 0.15) is 5.56 Å². The highest BCUT2D eigenvalue weighted by atomic mass is 32.2. The molecule has 1 aromatic heterocycles. The molecule has 3 nitrogen and oxygen atoms in total. The smallest absolute Gasteiger partial charge is 0.119 e. The fraction of sp³-hybridized carbons (Fsp3) is 0.105. The van der Waals surface area contributed by atoms with Crippen molar-refractivity contribution in [2.24, 2.45) is 0 Å². The molecule has 4 heteroatoms. The molecular weight excluding hydrogens is 304 g/mol. The van der Waals surface area contributed by atoms with Gasteiger partial charge in [-0.1, -0.05) is 0 Å². The monoisotopic (exact) mass is 322 g/mol. The zero-order chi connectivity index (χ0) is 15.9. The van der Waals surface area contributed by atoms with Crippen LogP contribution in [0.5, 0.6) is 5.75 Å². The summed E-state index contributed by atoms with van der Waals surface area (Å²) in [6.45, 7) is 0. The molecule has 3 rings (SSSR count). The molecule has 0 radical (unpaired) electrons. The summed E-state index contributed by atoms with van der Waals surface area (Å²) in [7, 11) is 1.67. The topological polar surface area (TPSA) is 34.1 Å². The molecule has 1 heterocycles. The number of ether oxygens (including phenoxy) is 1. The number of methoxy groups -OCH3 is 1. The van der Waals surface area contributed by atoms with Crippen molar-refractivity contribution in [1.82, 2.24) is 4.98 Å². The molecule has 0 saturated heterocycles. The van der Waals surface area contributed by atoms with Gasteiger partial charge in [-0.25, -0.2) is 0 Å². The predicted octanol–water partition coefficient (Wildman–Crippen LogP) is 5.13. The number of pyridine rings is 1. The Kier molecular flexibility index (Phi) is 5.17. The van der Waals surface area contributed by atoms with Crippen LogP contribution in [0.25, 0.3) is 0 Å². The van der Waals surface area contributed by atoms with E-state index >= 15 is 0 Å². The van der Waals surface area contributed by atoms with E-state index in [1.165, 1.54) is 10.5 Å². The average Bonchev–Trinajstić information content (AvgIpc) is 2.63. The molecule has 0 unspecified atom stereocenters. The fourth-order valence-electron chi connectivity index (χ4n) is 2.12. The van der Waals surface area contributed by atoms with Gasteiger partial charge < -0.3 is 10.1 Å². The maximum atomic E-state index is 5.16. The third-order valence-electron chi connectivity index (χ3n) is 3.39. The van der Waals surface area contributed by atoms with Crippen LogP contribution in [0, 0.1) is 0 Å². The van der Waals surface area contributed by atoms with E-state index in [9.17, 15) is 0 Å². The Hall–Kier alpha value is -2.46. The molecule has 0 atom stereocenters. The molecule has 0 amide bonds. The molecule has 0 aliphatic heterocycles. The number of benzene rings is 2. The van der Waals surface area contributed by atoms with Gasteiger partial charge in [0.1, 0.15) is 5.75 Å². The van der Waals surface area contributed by atoms with Gasteiger partial charge in [0.15, 0.2) is 0 Å². The van der Waals surface area contributed by atoms with Crippen molar-refractivity contribution in [2.45, 2.75) is 10.6 Å². The molecular formula is C19H18N2OS. The number of anilines is 2. The normalized spacial score (nSPS) is 10.3. The second-order valence-corrected chi connectivity index (χ2v) is 6.07. The van der Waals surface area contributed by atoms with E-state index in [0.717, 1.165) is 22.9 Å². The van der Waals surface area contributed by atoms with Crippen LogP contribution in [0.2, 0.25) is 0 Å². The summed E-state index contributed by atoms with van der Waals surface area (Å²) < 4.78 is 5.16. The molecule has 1 N–H and O–H groups in total. The average molecular weight is 322 g/mol. The molecule has 0 fully saturated rings. The minimum atomic E-state index is 0.860. The summed E-state index contributed by atoms with van der Waals surface area (Å²) in [5.41, 5.74) is 3.40. The SMILES string of the molecule is COc1ccc(Nc2ccc(SCc3ccncc3)cc2)cc1. The van der Waals surface area contributed by atoms with E-state index in [0.29, 0.717) is 0 Å². The predicted molar refractivity (Wildman–Crippen MR) is 96.5 cm³/mol. The molecule has 0 aliphatic carbocycles. The third-order valence-corrected chi connectivity index (χ3v) is 4.47. The Morgan fingerprint density at radius 3 is 2.09 bits per heavy atom. The first-order chi connectivity index (χ1) is 11.3. The van der Waals surface area contributed by atoms with Gasteiger partial charge in [0.2, 0.25) is 0 Å². The van der Waals surface area contributed by atoms with Crippen molar-refractivity contribution in [3.63, 3.8) is 0 Å². The summed E-state index contributed by atoms with van der Waals surface area (Å²) in [5.74, 6) is 1.81. The molecule has 3 aromatic rings. The molecule has 0 saturated carbocycles. The minimum absolute atomic E-state index is 0.860. The number of thioether (sulfide) groups is 1. The van der Waals surface area contributed by atoms with Crippen molar-refractivity contribution < 1.29 is 4.74 Å². The lowest BCUT2D eigenvalue weighted by molar-refractivity contribution is 0.415. The van der Waals surface area contributed by atoms with Crippen molar-refractivity contribution in [1.29, 1.82) is 0 Å². The number of rotatable bonds is 6. The highest BCUT2D eigenvalue weighted by molar-refractivity contribution is 7.98. The fourth-order valence-corrected chi connectivity index (χ4v) is 2.98. The van der Waals surface area contributed by atoms with Gasteiger partial charge in [-0.2, -0.15) is 0 Å². The number of hydrogen-bond donors (Lipinski definition) is 1. The van der Waals surface area contributed by atoms with E-state index in [-0.39, 0.29) is 0 Å². The third kappa shape index (κ3) is 4.50. The number of nitrogens with one attached hydrogen (secondary N) is 1. The Labute approximate surface area is 140 Å². The number of nitrogens with zero attached hydrogens (tertiary/aromatic N) is 1. The van der Waals surface area contributed by atoms with Crippen molar-refractivity contribution >= 4 is 23.1 Å². The van der Waals surface area contributed by atoms with Crippen LogP contribution in [0.3, 0.4) is 0 Å². The second-order valence-electron chi connectivity index (χ2n) is 5.02.